The van der Waals surface area contributed by atoms with Crippen LogP contribution in [0.3, 0.4) is 0 Å². The SMILES string of the molecule is COc1ccccc1C(c1ccc2c(Cl)cccc2c1O)N(C)C. The number of para-hydroxylation sites is 1. The number of methoxy groups -OCH3 is 1. The molecule has 0 saturated heterocycles. The minimum absolute atomic E-state index is 0.135. The second-order valence-electron chi connectivity index (χ2n) is 5.95. The average Bonchev–Trinajstić information content (AvgIpc) is 2.58. The Hall–Kier alpha value is -2.23. The van der Waals surface area contributed by atoms with Gasteiger partial charge in [0.15, 0.2) is 0 Å². The number of aromatic hydroxyl groups is 1. The van der Waals surface area contributed by atoms with Crippen molar-refractivity contribution in [3.63, 3.8) is 0 Å². The molecule has 0 bridgehead atoms. The Labute approximate surface area is 147 Å². The molecule has 3 aromatic carbocycles. The maximum atomic E-state index is 10.9. The summed E-state index contributed by atoms with van der Waals surface area (Å²) in [6.45, 7) is 0. The van der Waals surface area contributed by atoms with Crippen LogP contribution in [0, 0.1) is 0 Å². The highest BCUT2D eigenvalue weighted by molar-refractivity contribution is 6.35. The van der Waals surface area contributed by atoms with Crippen LogP contribution in [0.2, 0.25) is 5.02 Å². The van der Waals surface area contributed by atoms with Crippen molar-refractivity contribution in [3.8, 4) is 11.5 Å². The third kappa shape index (κ3) is 2.81. The first-order valence-electron chi connectivity index (χ1n) is 7.74. The van der Waals surface area contributed by atoms with Crippen molar-refractivity contribution in [1.82, 2.24) is 4.90 Å². The maximum absolute atomic E-state index is 10.9. The number of phenols is 1. The van der Waals surface area contributed by atoms with Crippen LogP contribution in [0.5, 0.6) is 11.5 Å². The smallest absolute Gasteiger partial charge is 0.128 e. The van der Waals surface area contributed by atoms with Crippen molar-refractivity contribution in [1.29, 1.82) is 0 Å². The van der Waals surface area contributed by atoms with E-state index in [2.05, 4.69) is 4.90 Å². The fourth-order valence-electron chi connectivity index (χ4n) is 3.16. The number of halogens is 1. The van der Waals surface area contributed by atoms with E-state index in [0.717, 1.165) is 27.6 Å². The number of hydrogen-bond acceptors (Lipinski definition) is 3. The number of phenolic OH excluding ortho intramolecular Hbond substituents is 1. The monoisotopic (exact) mass is 341 g/mol. The molecule has 0 radical (unpaired) electrons. The zero-order valence-corrected chi connectivity index (χ0v) is 14.7. The van der Waals surface area contributed by atoms with Crippen molar-refractivity contribution < 1.29 is 9.84 Å². The number of ether oxygens (including phenoxy) is 1. The topological polar surface area (TPSA) is 32.7 Å². The van der Waals surface area contributed by atoms with E-state index in [1.807, 2.05) is 68.7 Å². The molecule has 1 atom stereocenters. The van der Waals surface area contributed by atoms with E-state index in [-0.39, 0.29) is 11.8 Å². The van der Waals surface area contributed by atoms with Crippen LogP contribution in [0.25, 0.3) is 10.8 Å². The fourth-order valence-corrected chi connectivity index (χ4v) is 3.39. The van der Waals surface area contributed by atoms with Gasteiger partial charge in [-0.05, 0) is 26.2 Å². The zero-order chi connectivity index (χ0) is 17.3. The van der Waals surface area contributed by atoms with Gasteiger partial charge in [-0.3, -0.25) is 4.90 Å². The minimum Gasteiger partial charge on any atom is -0.507 e. The van der Waals surface area contributed by atoms with Crippen molar-refractivity contribution in [3.05, 3.63) is 70.7 Å². The highest BCUT2D eigenvalue weighted by atomic mass is 35.5. The van der Waals surface area contributed by atoms with Gasteiger partial charge in [-0.25, -0.2) is 0 Å². The van der Waals surface area contributed by atoms with Crippen LogP contribution in [-0.4, -0.2) is 31.2 Å². The van der Waals surface area contributed by atoms with E-state index in [0.29, 0.717) is 5.02 Å². The quantitative estimate of drug-likeness (QED) is 0.735. The molecule has 0 amide bonds. The Morgan fingerprint density at radius 2 is 1.67 bits per heavy atom. The Kier molecular flexibility index (Phi) is 4.65. The molecule has 3 rings (SSSR count). The molecule has 0 fully saturated rings. The lowest BCUT2D eigenvalue weighted by atomic mass is 9.93. The van der Waals surface area contributed by atoms with Gasteiger partial charge < -0.3 is 9.84 Å². The Morgan fingerprint density at radius 3 is 2.38 bits per heavy atom. The van der Waals surface area contributed by atoms with Crippen molar-refractivity contribution >= 4 is 22.4 Å². The van der Waals surface area contributed by atoms with Gasteiger partial charge in [0.25, 0.3) is 0 Å². The first kappa shape index (κ1) is 16.6. The van der Waals surface area contributed by atoms with E-state index in [1.165, 1.54) is 0 Å². The minimum atomic E-state index is -0.135. The number of fused-ring (bicyclic) bond motifs is 1. The highest BCUT2D eigenvalue weighted by Crippen LogP contribution is 2.41. The van der Waals surface area contributed by atoms with Gasteiger partial charge in [-0.15, -0.1) is 0 Å². The second-order valence-corrected chi connectivity index (χ2v) is 6.35. The summed E-state index contributed by atoms with van der Waals surface area (Å²) in [6.07, 6.45) is 0. The largest absolute Gasteiger partial charge is 0.507 e. The van der Waals surface area contributed by atoms with Gasteiger partial charge in [0.1, 0.15) is 11.5 Å². The van der Waals surface area contributed by atoms with Gasteiger partial charge in [-0.1, -0.05) is 54.1 Å². The molecule has 3 aromatic rings. The molecule has 3 nitrogen and oxygen atoms in total. The highest BCUT2D eigenvalue weighted by Gasteiger charge is 2.24. The summed E-state index contributed by atoms with van der Waals surface area (Å²) in [5.74, 6) is 1.04. The van der Waals surface area contributed by atoms with E-state index >= 15 is 0 Å². The summed E-state index contributed by atoms with van der Waals surface area (Å²) in [4.78, 5) is 2.06. The number of nitrogens with zero attached hydrogens (tertiary/aromatic N) is 1. The van der Waals surface area contributed by atoms with Crippen molar-refractivity contribution in [2.24, 2.45) is 0 Å². The normalized spacial score (nSPS) is 12.5. The summed E-state index contributed by atoms with van der Waals surface area (Å²) < 4.78 is 5.52. The summed E-state index contributed by atoms with van der Waals surface area (Å²) >= 11 is 6.25. The molecule has 0 aliphatic carbocycles. The number of hydrogen-bond donors (Lipinski definition) is 1. The number of rotatable bonds is 4. The van der Waals surface area contributed by atoms with Crippen LogP contribution in [0.1, 0.15) is 17.2 Å². The summed E-state index contributed by atoms with van der Waals surface area (Å²) in [7, 11) is 5.63. The van der Waals surface area contributed by atoms with Crippen LogP contribution < -0.4 is 4.74 Å². The van der Waals surface area contributed by atoms with Crippen molar-refractivity contribution in [2.45, 2.75) is 6.04 Å². The average molecular weight is 342 g/mol. The van der Waals surface area contributed by atoms with Gasteiger partial charge in [0.05, 0.1) is 13.2 Å². The lowest BCUT2D eigenvalue weighted by Crippen LogP contribution is -2.21. The molecular formula is C20H20ClNO2. The van der Waals surface area contributed by atoms with E-state index in [1.54, 1.807) is 7.11 Å². The second kappa shape index (κ2) is 6.71. The van der Waals surface area contributed by atoms with Crippen LogP contribution in [0.4, 0.5) is 0 Å². The Bertz CT molecular complexity index is 877. The molecule has 1 N–H and O–H groups in total. The summed E-state index contributed by atoms with van der Waals surface area (Å²) in [5, 5.41) is 13.1. The molecule has 0 aliphatic heterocycles. The fraction of sp³-hybridized carbons (Fsp3) is 0.200. The summed E-state index contributed by atoms with van der Waals surface area (Å²) in [6, 6.07) is 17.2. The number of benzene rings is 3. The van der Waals surface area contributed by atoms with Crippen LogP contribution in [0.15, 0.2) is 54.6 Å². The third-order valence-electron chi connectivity index (χ3n) is 4.26. The standard InChI is InChI=1S/C20H20ClNO2/c1-22(2)19(15-7-4-5-10-18(15)24-3)16-12-11-13-14(20(16)23)8-6-9-17(13)21/h4-12,19,23H,1-3H3. The predicted molar refractivity (Wildman–Crippen MR) is 99.1 cm³/mol. The molecule has 0 saturated carbocycles. The van der Waals surface area contributed by atoms with Gasteiger partial charge in [0.2, 0.25) is 0 Å². The molecule has 24 heavy (non-hydrogen) atoms. The van der Waals surface area contributed by atoms with Gasteiger partial charge in [0, 0.05) is 26.9 Å². The molecule has 4 heteroatoms. The van der Waals surface area contributed by atoms with Crippen molar-refractivity contribution in [2.75, 3.05) is 21.2 Å². The van der Waals surface area contributed by atoms with Crippen LogP contribution in [-0.2, 0) is 0 Å². The molecule has 124 valence electrons. The molecular weight excluding hydrogens is 322 g/mol. The first-order valence-corrected chi connectivity index (χ1v) is 8.11. The molecule has 0 aliphatic rings. The molecule has 0 spiro atoms. The van der Waals surface area contributed by atoms with Gasteiger partial charge in [-0.2, -0.15) is 0 Å². The Balaban J connectivity index is 2.24. The van der Waals surface area contributed by atoms with E-state index in [4.69, 9.17) is 16.3 Å². The van der Waals surface area contributed by atoms with Gasteiger partial charge >= 0.3 is 0 Å². The maximum Gasteiger partial charge on any atom is 0.128 e. The predicted octanol–water partition coefficient (Wildman–Crippen LogP) is 4.86. The molecule has 0 heterocycles. The lowest BCUT2D eigenvalue weighted by Gasteiger charge is -2.27. The first-order chi connectivity index (χ1) is 11.5. The van der Waals surface area contributed by atoms with Crippen LogP contribution >= 0.6 is 11.6 Å². The van der Waals surface area contributed by atoms with E-state index in [9.17, 15) is 5.11 Å². The summed E-state index contributed by atoms with van der Waals surface area (Å²) in [5.41, 5.74) is 1.82. The lowest BCUT2D eigenvalue weighted by molar-refractivity contribution is 0.319. The van der Waals surface area contributed by atoms with E-state index < -0.39 is 0 Å². The zero-order valence-electron chi connectivity index (χ0n) is 14.0. The molecule has 0 aromatic heterocycles. The third-order valence-corrected chi connectivity index (χ3v) is 4.59. The Morgan fingerprint density at radius 1 is 0.917 bits per heavy atom. The molecule has 1 unspecified atom stereocenters.